The largest absolute Gasteiger partial charge is 0.480 e. The van der Waals surface area contributed by atoms with Gasteiger partial charge in [-0.05, 0) is 0 Å². The highest BCUT2D eigenvalue weighted by Crippen LogP contribution is 2.16. The maximum absolute atomic E-state index is 12.3. The number of halogens is 3. The summed E-state index contributed by atoms with van der Waals surface area (Å²) in [5.41, 5.74) is 0. The quantitative estimate of drug-likeness (QED) is 0.750. The Labute approximate surface area is 124 Å². The summed E-state index contributed by atoms with van der Waals surface area (Å²) in [5, 5.41) is 10.9. The van der Waals surface area contributed by atoms with Crippen molar-refractivity contribution in [2.24, 2.45) is 0 Å². The van der Waals surface area contributed by atoms with Gasteiger partial charge in [-0.2, -0.15) is 24.9 Å². The molecule has 1 aliphatic heterocycles. The number of nitrogens with zero attached hydrogens (tertiary/aromatic N) is 2. The summed E-state index contributed by atoms with van der Waals surface area (Å²) in [4.78, 5) is 24.5. The van der Waals surface area contributed by atoms with E-state index in [-0.39, 0.29) is 11.4 Å². The topological polar surface area (TPSA) is 72.9 Å². The number of carbonyl (C=O) groups excluding carboxylic acids is 1. The van der Waals surface area contributed by atoms with Gasteiger partial charge in [0.25, 0.3) is 0 Å². The SMILES string of the molecule is O=C(O)CN(CC(F)(F)F)C(=O)NCCN1CCSCC1. The zero-order valence-electron chi connectivity index (χ0n) is 11.4. The fourth-order valence-corrected chi connectivity index (χ4v) is 2.82. The van der Waals surface area contributed by atoms with Crippen LogP contribution in [0.3, 0.4) is 0 Å². The molecule has 1 rings (SSSR count). The molecule has 0 spiro atoms. The molecule has 2 N–H and O–H groups in total. The lowest BCUT2D eigenvalue weighted by molar-refractivity contribution is -0.148. The van der Waals surface area contributed by atoms with E-state index in [1.807, 2.05) is 11.8 Å². The van der Waals surface area contributed by atoms with Crippen LogP contribution in [0.25, 0.3) is 0 Å². The van der Waals surface area contributed by atoms with E-state index in [2.05, 4.69) is 10.2 Å². The van der Waals surface area contributed by atoms with Gasteiger partial charge in [-0.3, -0.25) is 9.69 Å². The van der Waals surface area contributed by atoms with Crippen molar-refractivity contribution in [2.45, 2.75) is 6.18 Å². The van der Waals surface area contributed by atoms with Gasteiger partial charge in [-0.25, -0.2) is 4.79 Å². The zero-order valence-corrected chi connectivity index (χ0v) is 12.2. The predicted octanol–water partition coefficient (Wildman–Crippen LogP) is 0.694. The van der Waals surface area contributed by atoms with Gasteiger partial charge in [0, 0.05) is 37.7 Å². The molecule has 10 heteroatoms. The monoisotopic (exact) mass is 329 g/mol. The number of hydrogen-bond acceptors (Lipinski definition) is 4. The Morgan fingerprint density at radius 1 is 1.29 bits per heavy atom. The van der Waals surface area contributed by atoms with E-state index in [4.69, 9.17) is 5.11 Å². The second-order valence-corrected chi connectivity index (χ2v) is 5.78. The summed E-state index contributed by atoms with van der Waals surface area (Å²) in [6.45, 7) is -0.0717. The van der Waals surface area contributed by atoms with Gasteiger partial charge in [-0.1, -0.05) is 0 Å². The number of carbonyl (C=O) groups is 2. The first-order valence-corrected chi connectivity index (χ1v) is 7.55. The first-order valence-electron chi connectivity index (χ1n) is 6.39. The summed E-state index contributed by atoms with van der Waals surface area (Å²) in [5.74, 6) is 0.503. The number of nitrogens with one attached hydrogen (secondary N) is 1. The predicted molar refractivity (Wildman–Crippen MR) is 72.4 cm³/mol. The standard InChI is InChI=1S/C11H18F3N3O3S/c12-11(13,14)8-17(7-9(18)19)10(20)15-1-2-16-3-5-21-6-4-16/h1-8H2,(H,15,20)(H,18,19). The van der Waals surface area contributed by atoms with Crippen LogP contribution in [0, 0.1) is 0 Å². The summed E-state index contributed by atoms with van der Waals surface area (Å²) in [6.07, 6.45) is -4.63. The molecule has 0 aromatic rings. The molecule has 1 saturated heterocycles. The van der Waals surface area contributed by atoms with Crippen molar-refractivity contribution in [1.29, 1.82) is 0 Å². The van der Waals surface area contributed by atoms with Crippen molar-refractivity contribution >= 4 is 23.8 Å². The van der Waals surface area contributed by atoms with E-state index in [1.165, 1.54) is 0 Å². The maximum atomic E-state index is 12.3. The fourth-order valence-electron chi connectivity index (χ4n) is 1.84. The minimum atomic E-state index is -4.63. The number of hydrogen-bond donors (Lipinski definition) is 2. The molecule has 122 valence electrons. The number of carboxylic acids is 1. The summed E-state index contributed by atoms with van der Waals surface area (Å²) < 4.78 is 36.9. The molecule has 2 amide bonds. The van der Waals surface area contributed by atoms with E-state index >= 15 is 0 Å². The molecule has 21 heavy (non-hydrogen) atoms. The van der Waals surface area contributed by atoms with Gasteiger partial charge in [0.1, 0.15) is 13.1 Å². The number of urea groups is 1. The highest BCUT2D eigenvalue weighted by Gasteiger charge is 2.33. The molecule has 0 aliphatic carbocycles. The van der Waals surface area contributed by atoms with Gasteiger partial charge < -0.3 is 15.3 Å². The van der Waals surface area contributed by atoms with Crippen molar-refractivity contribution in [3.8, 4) is 0 Å². The van der Waals surface area contributed by atoms with E-state index < -0.39 is 31.3 Å². The molecule has 0 atom stereocenters. The minimum absolute atomic E-state index is 0.192. The van der Waals surface area contributed by atoms with Crippen LogP contribution in [0.1, 0.15) is 0 Å². The van der Waals surface area contributed by atoms with Crippen LogP contribution >= 0.6 is 11.8 Å². The highest BCUT2D eigenvalue weighted by molar-refractivity contribution is 7.99. The molecule has 1 heterocycles. The van der Waals surface area contributed by atoms with E-state index in [0.29, 0.717) is 6.54 Å². The van der Waals surface area contributed by atoms with Crippen molar-refractivity contribution in [1.82, 2.24) is 15.1 Å². The average Bonchev–Trinajstić information content (AvgIpc) is 2.37. The fraction of sp³-hybridized carbons (Fsp3) is 0.818. The smallest absolute Gasteiger partial charge is 0.406 e. The molecule has 0 unspecified atom stereocenters. The van der Waals surface area contributed by atoms with Crippen LogP contribution in [0.4, 0.5) is 18.0 Å². The second-order valence-electron chi connectivity index (χ2n) is 4.55. The third-order valence-corrected chi connectivity index (χ3v) is 3.73. The number of carboxylic acid groups (broad SMARTS) is 1. The molecule has 0 bridgehead atoms. The number of thioether (sulfide) groups is 1. The minimum Gasteiger partial charge on any atom is -0.480 e. The first-order chi connectivity index (χ1) is 9.78. The Morgan fingerprint density at radius 3 is 2.43 bits per heavy atom. The molecular weight excluding hydrogens is 311 g/mol. The van der Waals surface area contributed by atoms with Gasteiger partial charge in [0.2, 0.25) is 0 Å². The summed E-state index contributed by atoms with van der Waals surface area (Å²) >= 11 is 1.83. The lowest BCUT2D eigenvalue weighted by Gasteiger charge is -2.27. The third-order valence-electron chi connectivity index (χ3n) is 2.79. The number of aliphatic carboxylic acids is 1. The third kappa shape index (κ3) is 8.00. The average molecular weight is 329 g/mol. The number of alkyl halides is 3. The highest BCUT2D eigenvalue weighted by atomic mass is 32.2. The molecular formula is C11H18F3N3O3S. The lowest BCUT2D eigenvalue weighted by Crippen LogP contribution is -2.49. The zero-order chi connectivity index (χ0) is 15.9. The molecule has 0 aromatic carbocycles. The molecule has 0 radical (unpaired) electrons. The molecule has 1 fully saturated rings. The van der Waals surface area contributed by atoms with Crippen LogP contribution < -0.4 is 5.32 Å². The van der Waals surface area contributed by atoms with Crippen LogP contribution in [-0.2, 0) is 4.79 Å². The van der Waals surface area contributed by atoms with Crippen LogP contribution in [-0.4, -0.2) is 83.9 Å². The lowest BCUT2D eigenvalue weighted by atomic mass is 10.4. The van der Waals surface area contributed by atoms with Crippen molar-refractivity contribution in [2.75, 3.05) is 50.8 Å². The van der Waals surface area contributed by atoms with Crippen LogP contribution in [0.5, 0.6) is 0 Å². The Bertz CT molecular complexity index is 362. The second kappa shape index (κ2) is 8.32. The van der Waals surface area contributed by atoms with Gasteiger partial charge >= 0.3 is 18.2 Å². The molecule has 0 aromatic heterocycles. The summed E-state index contributed by atoms with van der Waals surface area (Å²) in [7, 11) is 0. The van der Waals surface area contributed by atoms with E-state index in [0.717, 1.165) is 24.6 Å². The Hall–Kier alpha value is -1.16. The van der Waals surface area contributed by atoms with Gasteiger partial charge in [-0.15, -0.1) is 0 Å². The Morgan fingerprint density at radius 2 is 1.90 bits per heavy atom. The molecule has 0 saturated carbocycles. The van der Waals surface area contributed by atoms with E-state index in [1.54, 1.807) is 0 Å². The van der Waals surface area contributed by atoms with Gasteiger partial charge in [0.05, 0.1) is 0 Å². The first kappa shape index (κ1) is 17.9. The van der Waals surface area contributed by atoms with Crippen LogP contribution in [0.15, 0.2) is 0 Å². The van der Waals surface area contributed by atoms with Gasteiger partial charge in [0.15, 0.2) is 0 Å². The Kier molecular flexibility index (Phi) is 7.09. The Balaban J connectivity index is 2.38. The van der Waals surface area contributed by atoms with Crippen molar-refractivity contribution in [3.63, 3.8) is 0 Å². The normalized spacial score (nSPS) is 16.5. The number of amides is 2. The number of rotatable bonds is 6. The van der Waals surface area contributed by atoms with Crippen LogP contribution in [0.2, 0.25) is 0 Å². The molecule has 6 nitrogen and oxygen atoms in total. The maximum Gasteiger partial charge on any atom is 0.406 e. The van der Waals surface area contributed by atoms with E-state index in [9.17, 15) is 22.8 Å². The summed E-state index contributed by atoms with van der Waals surface area (Å²) in [6, 6.07) is -1.01. The molecule has 1 aliphatic rings. The van der Waals surface area contributed by atoms with Crippen molar-refractivity contribution < 1.29 is 27.9 Å². The van der Waals surface area contributed by atoms with Crippen molar-refractivity contribution in [3.05, 3.63) is 0 Å².